The van der Waals surface area contributed by atoms with Gasteiger partial charge in [-0.05, 0) is 34.4 Å². The van der Waals surface area contributed by atoms with Gasteiger partial charge >= 0.3 is 0 Å². The predicted molar refractivity (Wildman–Crippen MR) is 97.9 cm³/mol. The lowest BCUT2D eigenvalue weighted by molar-refractivity contribution is 1.53. The Balaban J connectivity index is 2.06. The van der Waals surface area contributed by atoms with Crippen LogP contribution in [0, 0.1) is 0 Å². The van der Waals surface area contributed by atoms with Gasteiger partial charge in [0.05, 0.1) is 0 Å². The van der Waals surface area contributed by atoms with Crippen LogP contribution in [0.5, 0.6) is 0 Å². The van der Waals surface area contributed by atoms with E-state index in [-0.39, 0.29) is 0 Å². The summed E-state index contributed by atoms with van der Waals surface area (Å²) in [5.41, 5.74) is 4.89. The molecule has 1 heterocycles. The van der Waals surface area contributed by atoms with Gasteiger partial charge in [0.25, 0.3) is 0 Å². The average molecular weight is 346 g/mol. The maximum Gasteiger partial charge on any atom is 0.0477 e. The molecule has 0 unspecified atom stereocenters. The molecule has 22 heavy (non-hydrogen) atoms. The van der Waals surface area contributed by atoms with Crippen LogP contribution in [0.25, 0.3) is 32.7 Å². The quantitative estimate of drug-likeness (QED) is 0.317. The number of halogens is 1. The van der Waals surface area contributed by atoms with Crippen molar-refractivity contribution in [2.45, 2.75) is 0 Å². The Morgan fingerprint density at radius 3 is 2.50 bits per heavy atom. The first kappa shape index (κ1) is 12.2. The van der Waals surface area contributed by atoms with Gasteiger partial charge in [0, 0.05) is 32.4 Å². The van der Waals surface area contributed by atoms with Gasteiger partial charge in [-0.2, -0.15) is 0 Å². The maximum atomic E-state index is 3.75. The van der Waals surface area contributed by atoms with E-state index in [1.807, 2.05) is 0 Å². The summed E-state index contributed by atoms with van der Waals surface area (Å²) >= 11 is 3.75. The Morgan fingerprint density at radius 1 is 0.727 bits per heavy atom. The first-order valence-corrected chi connectivity index (χ1v) is 8.12. The fraction of sp³-hybridized carbons (Fsp3) is 0. The van der Waals surface area contributed by atoms with Crippen molar-refractivity contribution in [1.29, 1.82) is 0 Å². The molecule has 0 atom stereocenters. The van der Waals surface area contributed by atoms with Crippen molar-refractivity contribution in [2.75, 3.05) is 5.32 Å². The normalized spacial score (nSPS) is 12.2. The van der Waals surface area contributed by atoms with E-state index in [0.29, 0.717) is 0 Å². The third-order valence-electron chi connectivity index (χ3n) is 4.44. The second-order valence-electron chi connectivity index (χ2n) is 5.66. The van der Waals surface area contributed by atoms with Crippen molar-refractivity contribution in [2.24, 2.45) is 0 Å². The molecule has 0 spiro atoms. The van der Waals surface area contributed by atoms with Gasteiger partial charge in [0.1, 0.15) is 0 Å². The summed E-state index contributed by atoms with van der Waals surface area (Å²) in [6, 6.07) is 23.7. The monoisotopic (exact) mass is 345 g/mol. The first-order chi connectivity index (χ1) is 10.8. The standard InChI is InChI=1S/C20H12BrN/c21-16-10-9-14-13-6-2-1-5-12(13)11-18-20(14)19(16)15-7-3-4-8-17(15)22-18/h1-11,22H. The lowest BCUT2D eigenvalue weighted by atomic mass is 9.90. The summed E-state index contributed by atoms with van der Waals surface area (Å²) in [5.74, 6) is 0. The van der Waals surface area contributed by atoms with Crippen LogP contribution in [0.15, 0.2) is 71.2 Å². The molecular weight excluding hydrogens is 334 g/mol. The van der Waals surface area contributed by atoms with Crippen molar-refractivity contribution in [3.05, 3.63) is 71.2 Å². The number of benzene rings is 4. The molecule has 1 N–H and O–H groups in total. The first-order valence-electron chi connectivity index (χ1n) is 7.33. The number of hydrogen-bond donors (Lipinski definition) is 1. The Kier molecular flexibility index (Phi) is 2.42. The van der Waals surface area contributed by atoms with Crippen LogP contribution in [0.1, 0.15) is 0 Å². The zero-order valence-corrected chi connectivity index (χ0v) is 13.3. The third-order valence-corrected chi connectivity index (χ3v) is 5.10. The van der Waals surface area contributed by atoms with E-state index in [1.165, 1.54) is 44.0 Å². The van der Waals surface area contributed by atoms with Crippen molar-refractivity contribution < 1.29 is 0 Å². The van der Waals surface area contributed by atoms with Crippen molar-refractivity contribution in [3.63, 3.8) is 0 Å². The predicted octanol–water partition coefficient (Wildman–Crippen LogP) is 6.48. The minimum atomic E-state index is 1.14. The summed E-state index contributed by atoms with van der Waals surface area (Å²) < 4.78 is 1.14. The smallest absolute Gasteiger partial charge is 0.0477 e. The molecule has 104 valence electrons. The Morgan fingerprint density at radius 2 is 1.55 bits per heavy atom. The van der Waals surface area contributed by atoms with Gasteiger partial charge in [-0.1, -0.05) is 64.5 Å². The maximum absolute atomic E-state index is 3.75. The van der Waals surface area contributed by atoms with Gasteiger partial charge < -0.3 is 5.32 Å². The highest BCUT2D eigenvalue weighted by Crippen LogP contribution is 2.48. The average Bonchev–Trinajstić information content (AvgIpc) is 2.56. The fourth-order valence-corrected chi connectivity index (χ4v) is 4.04. The molecule has 0 fully saturated rings. The summed E-state index contributed by atoms with van der Waals surface area (Å²) in [5, 5.41) is 8.77. The highest BCUT2D eigenvalue weighted by molar-refractivity contribution is 9.10. The van der Waals surface area contributed by atoms with E-state index >= 15 is 0 Å². The highest BCUT2D eigenvalue weighted by atomic mass is 79.9. The number of hydrogen-bond acceptors (Lipinski definition) is 1. The highest BCUT2D eigenvalue weighted by Gasteiger charge is 2.21. The molecule has 0 bridgehead atoms. The minimum Gasteiger partial charge on any atom is -0.354 e. The van der Waals surface area contributed by atoms with Crippen molar-refractivity contribution >= 4 is 48.8 Å². The number of nitrogens with one attached hydrogen (secondary N) is 1. The zero-order chi connectivity index (χ0) is 14.7. The molecule has 5 rings (SSSR count). The summed E-state index contributed by atoms with van der Waals surface area (Å²) in [4.78, 5) is 0. The molecule has 0 saturated carbocycles. The van der Waals surface area contributed by atoms with Gasteiger partial charge in [-0.25, -0.2) is 0 Å². The molecule has 0 aliphatic carbocycles. The number of rotatable bonds is 0. The molecule has 0 amide bonds. The fourth-order valence-electron chi connectivity index (χ4n) is 3.49. The van der Waals surface area contributed by atoms with Crippen LogP contribution in [-0.4, -0.2) is 0 Å². The summed E-state index contributed by atoms with van der Waals surface area (Å²) in [6.07, 6.45) is 0. The molecule has 1 aliphatic rings. The Labute approximate surface area is 136 Å². The second kappa shape index (κ2) is 4.34. The van der Waals surface area contributed by atoms with Crippen LogP contribution in [-0.2, 0) is 0 Å². The van der Waals surface area contributed by atoms with Crippen molar-refractivity contribution in [1.82, 2.24) is 0 Å². The van der Waals surface area contributed by atoms with Crippen LogP contribution >= 0.6 is 15.9 Å². The van der Waals surface area contributed by atoms with E-state index in [4.69, 9.17) is 0 Å². The Hall–Kier alpha value is -2.32. The molecular formula is C20H12BrN. The van der Waals surface area contributed by atoms with Gasteiger partial charge in [0.15, 0.2) is 0 Å². The van der Waals surface area contributed by atoms with Crippen LogP contribution in [0.3, 0.4) is 0 Å². The van der Waals surface area contributed by atoms with E-state index in [1.54, 1.807) is 0 Å². The van der Waals surface area contributed by atoms with Gasteiger partial charge in [-0.15, -0.1) is 0 Å². The third kappa shape index (κ3) is 1.53. The minimum absolute atomic E-state index is 1.14. The zero-order valence-electron chi connectivity index (χ0n) is 11.7. The summed E-state index contributed by atoms with van der Waals surface area (Å²) in [7, 11) is 0. The topological polar surface area (TPSA) is 12.0 Å². The van der Waals surface area contributed by atoms with Gasteiger partial charge in [-0.3, -0.25) is 0 Å². The Bertz CT molecular complexity index is 1070. The lowest BCUT2D eigenvalue weighted by Gasteiger charge is -2.24. The van der Waals surface area contributed by atoms with E-state index in [2.05, 4.69) is 88.0 Å². The largest absolute Gasteiger partial charge is 0.354 e. The van der Waals surface area contributed by atoms with Crippen LogP contribution < -0.4 is 5.32 Å². The molecule has 1 aliphatic heterocycles. The van der Waals surface area contributed by atoms with E-state index in [9.17, 15) is 0 Å². The second-order valence-corrected chi connectivity index (χ2v) is 6.52. The molecule has 4 aromatic carbocycles. The van der Waals surface area contributed by atoms with Crippen LogP contribution in [0.4, 0.5) is 11.4 Å². The van der Waals surface area contributed by atoms with E-state index in [0.717, 1.165) is 4.47 Å². The number of anilines is 2. The number of para-hydroxylation sites is 1. The SMILES string of the molecule is Brc1ccc2c3c(cc4ccccc42)Nc2ccccc2-c13. The summed E-state index contributed by atoms with van der Waals surface area (Å²) in [6.45, 7) is 0. The van der Waals surface area contributed by atoms with Gasteiger partial charge in [0.2, 0.25) is 0 Å². The molecule has 4 aromatic rings. The molecule has 2 heteroatoms. The molecule has 0 saturated heterocycles. The van der Waals surface area contributed by atoms with E-state index < -0.39 is 0 Å². The molecule has 1 nitrogen and oxygen atoms in total. The molecule has 0 aromatic heterocycles. The molecule has 0 radical (unpaired) electrons. The van der Waals surface area contributed by atoms with Crippen molar-refractivity contribution in [3.8, 4) is 11.1 Å². The van der Waals surface area contributed by atoms with Crippen LogP contribution in [0.2, 0.25) is 0 Å². The number of fused-ring (bicyclic) bond motifs is 4. The lowest BCUT2D eigenvalue weighted by Crippen LogP contribution is -2.01.